The SMILES string of the molecule is Cc1c(CN[C@@H](c2ccc(Cl)cc2)C2CC2)cccc1[N+](=O)[O-]. The molecule has 0 heterocycles. The highest BCUT2D eigenvalue weighted by molar-refractivity contribution is 6.30. The van der Waals surface area contributed by atoms with Crippen molar-refractivity contribution in [2.45, 2.75) is 32.4 Å². The van der Waals surface area contributed by atoms with Gasteiger partial charge < -0.3 is 5.32 Å². The van der Waals surface area contributed by atoms with Crippen LogP contribution in [-0.2, 0) is 6.54 Å². The highest BCUT2D eigenvalue weighted by Gasteiger charge is 2.32. The summed E-state index contributed by atoms with van der Waals surface area (Å²) in [5.41, 5.74) is 3.10. The molecule has 1 aliphatic rings. The summed E-state index contributed by atoms with van der Waals surface area (Å²) < 4.78 is 0. The lowest BCUT2D eigenvalue weighted by molar-refractivity contribution is -0.385. The number of halogens is 1. The first-order chi connectivity index (χ1) is 11.1. The van der Waals surface area contributed by atoms with Crippen LogP contribution in [0.3, 0.4) is 0 Å². The lowest BCUT2D eigenvalue weighted by Gasteiger charge is -2.19. The van der Waals surface area contributed by atoms with Crippen molar-refractivity contribution in [3.63, 3.8) is 0 Å². The number of nitrogens with zero attached hydrogens (tertiary/aromatic N) is 1. The molecule has 0 radical (unpaired) electrons. The molecule has 1 fully saturated rings. The summed E-state index contributed by atoms with van der Waals surface area (Å²) in [6, 6.07) is 13.4. The molecule has 0 bridgehead atoms. The predicted molar refractivity (Wildman–Crippen MR) is 91.6 cm³/mol. The van der Waals surface area contributed by atoms with E-state index in [4.69, 9.17) is 11.6 Å². The van der Waals surface area contributed by atoms with E-state index in [2.05, 4.69) is 17.4 Å². The summed E-state index contributed by atoms with van der Waals surface area (Å²) in [6.45, 7) is 2.43. The normalized spacial score (nSPS) is 15.4. The Morgan fingerprint density at radius 1 is 1.26 bits per heavy atom. The van der Waals surface area contributed by atoms with Crippen LogP contribution in [0.2, 0.25) is 5.02 Å². The number of nitro groups is 1. The fraction of sp³-hybridized carbons (Fsp3) is 0.333. The Morgan fingerprint density at radius 2 is 1.96 bits per heavy atom. The van der Waals surface area contributed by atoms with Gasteiger partial charge in [0.1, 0.15) is 0 Å². The van der Waals surface area contributed by atoms with E-state index in [-0.39, 0.29) is 16.7 Å². The molecule has 23 heavy (non-hydrogen) atoms. The van der Waals surface area contributed by atoms with Crippen molar-refractivity contribution in [2.75, 3.05) is 0 Å². The second kappa shape index (κ2) is 6.69. The van der Waals surface area contributed by atoms with Crippen molar-refractivity contribution < 1.29 is 4.92 Å². The zero-order valence-corrected chi connectivity index (χ0v) is 13.7. The van der Waals surface area contributed by atoms with E-state index in [0.29, 0.717) is 12.5 Å². The van der Waals surface area contributed by atoms with E-state index >= 15 is 0 Å². The van der Waals surface area contributed by atoms with Gasteiger partial charge in [-0.1, -0.05) is 35.9 Å². The number of nitrogens with one attached hydrogen (secondary N) is 1. The summed E-state index contributed by atoms with van der Waals surface area (Å²) in [6.07, 6.45) is 2.43. The van der Waals surface area contributed by atoms with Crippen molar-refractivity contribution in [1.29, 1.82) is 0 Å². The van der Waals surface area contributed by atoms with Crippen LogP contribution in [0.15, 0.2) is 42.5 Å². The van der Waals surface area contributed by atoms with Gasteiger partial charge in [0.25, 0.3) is 5.69 Å². The highest BCUT2D eigenvalue weighted by atomic mass is 35.5. The number of hydrogen-bond acceptors (Lipinski definition) is 3. The standard InChI is InChI=1S/C18H19ClN2O2/c1-12-15(3-2-4-17(12)21(22)23)11-20-18(13-5-6-13)14-7-9-16(19)10-8-14/h2-4,7-10,13,18,20H,5-6,11H2,1H3/t18-/m1/s1. The van der Waals surface area contributed by atoms with Gasteiger partial charge in [-0.3, -0.25) is 10.1 Å². The fourth-order valence-corrected chi connectivity index (χ4v) is 3.06. The lowest BCUT2D eigenvalue weighted by atomic mass is 10.0. The Balaban J connectivity index is 1.76. The Morgan fingerprint density at radius 3 is 2.57 bits per heavy atom. The first-order valence-corrected chi connectivity index (χ1v) is 8.16. The molecule has 120 valence electrons. The molecule has 0 aromatic heterocycles. The minimum Gasteiger partial charge on any atom is -0.306 e. The van der Waals surface area contributed by atoms with Gasteiger partial charge in [0.15, 0.2) is 0 Å². The minimum absolute atomic E-state index is 0.179. The summed E-state index contributed by atoms with van der Waals surface area (Å²) in [5.74, 6) is 0.634. The third kappa shape index (κ3) is 3.71. The molecule has 0 saturated heterocycles. The molecule has 2 aromatic carbocycles. The van der Waals surface area contributed by atoms with Gasteiger partial charge in [-0.2, -0.15) is 0 Å². The Kier molecular flexibility index (Phi) is 4.64. The second-order valence-electron chi connectivity index (χ2n) is 6.07. The average molecular weight is 331 g/mol. The molecule has 1 aliphatic carbocycles. The van der Waals surface area contributed by atoms with Crippen molar-refractivity contribution in [3.05, 3.63) is 74.3 Å². The van der Waals surface area contributed by atoms with Gasteiger partial charge in [0.2, 0.25) is 0 Å². The Bertz CT molecular complexity index is 711. The van der Waals surface area contributed by atoms with E-state index in [1.807, 2.05) is 25.1 Å². The van der Waals surface area contributed by atoms with Crippen LogP contribution in [0.5, 0.6) is 0 Å². The van der Waals surface area contributed by atoms with Crippen molar-refractivity contribution in [1.82, 2.24) is 5.32 Å². The van der Waals surface area contributed by atoms with Crippen molar-refractivity contribution in [2.24, 2.45) is 5.92 Å². The van der Waals surface area contributed by atoms with E-state index in [1.54, 1.807) is 12.1 Å². The number of benzene rings is 2. The maximum atomic E-state index is 11.1. The zero-order chi connectivity index (χ0) is 16.4. The maximum Gasteiger partial charge on any atom is 0.272 e. The minimum atomic E-state index is -0.323. The number of nitro benzene ring substituents is 1. The molecule has 0 unspecified atom stereocenters. The predicted octanol–water partition coefficient (Wildman–Crippen LogP) is 4.80. The van der Waals surface area contributed by atoms with Crippen LogP contribution in [0.25, 0.3) is 0 Å². The van der Waals surface area contributed by atoms with E-state index in [1.165, 1.54) is 18.4 Å². The first kappa shape index (κ1) is 16.0. The summed E-state index contributed by atoms with van der Waals surface area (Å²) in [5, 5.41) is 15.4. The molecule has 5 heteroatoms. The quantitative estimate of drug-likeness (QED) is 0.611. The molecule has 0 aliphatic heterocycles. The van der Waals surface area contributed by atoms with E-state index in [0.717, 1.165) is 16.1 Å². The summed E-state index contributed by atoms with van der Waals surface area (Å²) >= 11 is 5.97. The molecule has 2 aromatic rings. The zero-order valence-electron chi connectivity index (χ0n) is 13.0. The number of rotatable bonds is 6. The van der Waals surface area contributed by atoms with Crippen LogP contribution in [0, 0.1) is 23.0 Å². The molecule has 0 spiro atoms. The molecule has 4 nitrogen and oxygen atoms in total. The van der Waals surface area contributed by atoms with Crippen LogP contribution < -0.4 is 5.32 Å². The summed E-state index contributed by atoms with van der Waals surface area (Å²) in [7, 11) is 0. The van der Waals surface area contributed by atoms with Crippen LogP contribution >= 0.6 is 11.6 Å². The average Bonchev–Trinajstić information content (AvgIpc) is 3.35. The van der Waals surface area contributed by atoms with E-state index < -0.39 is 0 Å². The highest BCUT2D eigenvalue weighted by Crippen LogP contribution is 2.41. The van der Waals surface area contributed by atoms with Crippen LogP contribution in [0.1, 0.15) is 35.6 Å². The molecule has 1 N–H and O–H groups in total. The Labute approximate surface area is 140 Å². The van der Waals surface area contributed by atoms with E-state index in [9.17, 15) is 10.1 Å². The third-order valence-corrected chi connectivity index (χ3v) is 4.70. The number of hydrogen-bond donors (Lipinski definition) is 1. The van der Waals surface area contributed by atoms with Crippen molar-refractivity contribution in [3.8, 4) is 0 Å². The monoisotopic (exact) mass is 330 g/mol. The van der Waals surface area contributed by atoms with Gasteiger partial charge in [-0.05, 0) is 48.9 Å². The molecule has 1 atom stereocenters. The first-order valence-electron chi connectivity index (χ1n) is 7.78. The van der Waals surface area contributed by atoms with Crippen LogP contribution in [-0.4, -0.2) is 4.92 Å². The van der Waals surface area contributed by atoms with Gasteiger partial charge in [-0.15, -0.1) is 0 Å². The van der Waals surface area contributed by atoms with Crippen LogP contribution in [0.4, 0.5) is 5.69 Å². The molecule has 3 rings (SSSR count). The topological polar surface area (TPSA) is 55.2 Å². The Hall–Kier alpha value is -1.91. The fourth-order valence-electron chi connectivity index (χ4n) is 2.94. The van der Waals surface area contributed by atoms with Gasteiger partial charge >= 0.3 is 0 Å². The third-order valence-electron chi connectivity index (χ3n) is 4.45. The van der Waals surface area contributed by atoms with Crippen molar-refractivity contribution >= 4 is 17.3 Å². The largest absolute Gasteiger partial charge is 0.306 e. The molecule has 0 amide bonds. The molecule has 1 saturated carbocycles. The summed E-state index contributed by atoms with van der Waals surface area (Å²) in [4.78, 5) is 10.7. The van der Waals surface area contributed by atoms with Gasteiger partial charge in [0.05, 0.1) is 4.92 Å². The molecular weight excluding hydrogens is 312 g/mol. The van der Waals surface area contributed by atoms with Gasteiger partial charge in [-0.25, -0.2) is 0 Å². The molecular formula is C18H19ClN2O2. The van der Waals surface area contributed by atoms with Gasteiger partial charge in [0, 0.05) is 29.2 Å². The smallest absolute Gasteiger partial charge is 0.272 e. The second-order valence-corrected chi connectivity index (χ2v) is 6.50. The maximum absolute atomic E-state index is 11.1. The lowest BCUT2D eigenvalue weighted by Crippen LogP contribution is -2.23.